The number of allylic oxidation sites excluding steroid dienone is 1. The molecule has 2 aliphatic heterocycles. The first-order valence-electron chi connectivity index (χ1n) is 12.9. The predicted octanol–water partition coefficient (Wildman–Crippen LogP) is 3.66. The van der Waals surface area contributed by atoms with E-state index in [1.807, 2.05) is 37.3 Å². The van der Waals surface area contributed by atoms with Gasteiger partial charge in [0.1, 0.15) is 11.8 Å². The molecule has 1 amide bonds. The zero-order chi connectivity index (χ0) is 27.2. The number of anilines is 1. The minimum atomic E-state index is -0.539. The fourth-order valence-corrected chi connectivity index (χ4v) is 5.28. The number of carbonyl (C=O) groups is 2. The third-order valence-corrected chi connectivity index (χ3v) is 7.37. The highest BCUT2D eigenvalue weighted by molar-refractivity contribution is 7.98. The number of morpholine rings is 1. The number of fused-ring (bicyclic) bond motifs is 1. The first-order valence-corrected chi connectivity index (χ1v) is 13.9. The minimum absolute atomic E-state index is 0.0466. The molecule has 0 spiro atoms. The molecule has 3 aromatic rings. The number of hydrogen-bond acceptors (Lipinski definition) is 9. The summed E-state index contributed by atoms with van der Waals surface area (Å²) in [6, 6.07) is 16.9. The summed E-state index contributed by atoms with van der Waals surface area (Å²) >= 11 is 1.53. The van der Waals surface area contributed by atoms with Crippen molar-refractivity contribution in [1.82, 2.24) is 19.7 Å². The maximum atomic E-state index is 13.1. The summed E-state index contributed by atoms with van der Waals surface area (Å²) in [6.45, 7) is 6.07. The maximum absolute atomic E-state index is 13.1. The average molecular weight is 550 g/mol. The molecule has 1 unspecified atom stereocenters. The predicted molar refractivity (Wildman–Crippen MR) is 146 cm³/mol. The van der Waals surface area contributed by atoms with E-state index in [0.717, 1.165) is 11.3 Å². The van der Waals surface area contributed by atoms with Crippen LogP contribution in [0.15, 0.2) is 71.0 Å². The summed E-state index contributed by atoms with van der Waals surface area (Å²) < 4.78 is 18.2. The van der Waals surface area contributed by atoms with Gasteiger partial charge in [0.25, 0.3) is 5.91 Å². The van der Waals surface area contributed by atoms with Gasteiger partial charge in [-0.25, -0.2) is 9.48 Å². The lowest BCUT2D eigenvalue weighted by Crippen LogP contribution is -2.42. The number of carbonyl (C=O) groups excluding carboxylic acids is 2. The molecule has 1 aromatic heterocycles. The molecule has 204 valence electrons. The van der Waals surface area contributed by atoms with E-state index in [1.165, 1.54) is 17.3 Å². The number of nitrogens with zero attached hydrogens (tertiary/aromatic N) is 4. The van der Waals surface area contributed by atoms with Crippen molar-refractivity contribution < 1.29 is 23.8 Å². The summed E-state index contributed by atoms with van der Waals surface area (Å²) in [7, 11) is 0. The number of rotatable bonds is 9. The van der Waals surface area contributed by atoms with Crippen LogP contribution in [-0.2, 0) is 24.8 Å². The second-order valence-electron chi connectivity index (χ2n) is 9.07. The quantitative estimate of drug-likeness (QED) is 0.316. The molecule has 10 nitrogen and oxygen atoms in total. The van der Waals surface area contributed by atoms with E-state index in [1.54, 1.807) is 28.6 Å². The van der Waals surface area contributed by atoms with Gasteiger partial charge in [-0.2, -0.15) is 4.98 Å². The van der Waals surface area contributed by atoms with Gasteiger partial charge in [-0.3, -0.25) is 4.79 Å². The summed E-state index contributed by atoms with van der Waals surface area (Å²) in [5.41, 5.74) is 3.11. The molecule has 3 heterocycles. The van der Waals surface area contributed by atoms with E-state index in [9.17, 15) is 9.59 Å². The molecule has 0 bridgehead atoms. The van der Waals surface area contributed by atoms with Gasteiger partial charge in [-0.15, -0.1) is 5.10 Å². The monoisotopic (exact) mass is 549 g/mol. The topological polar surface area (TPSA) is 108 Å². The van der Waals surface area contributed by atoms with Crippen molar-refractivity contribution in [2.45, 2.75) is 30.8 Å². The van der Waals surface area contributed by atoms with Crippen molar-refractivity contribution in [1.29, 1.82) is 0 Å². The summed E-state index contributed by atoms with van der Waals surface area (Å²) in [5.74, 6) is 1.35. The Kier molecular flexibility index (Phi) is 8.48. The molecular formula is C28H31N5O5S. The summed E-state index contributed by atoms with van der Waals surface area (Å²) in [6.07, 6.45) is 0. The van der Waals surface area contributed by atoms with Crippen LogP contribution in [0.3, 0.4) is 0 Å². The Labute approximate surface area is 231 Å². The number of nitrogens with one attached hydrogen (secondary N) is 1. The van der Waals surface area contributed by atoms with Crippen LogP contribution in [0, 0.1) is 0 Å². The third kappa shape index (κ3) is 6.26. The van der Waals surface area contributed by atoms with Crippen LogP contribution in [0.25, 0.3) is 0 Å². The largest absolute Gasteiger partial charge is 0.484 e. The van der Waals surface area contributed by atoms with Gasteiger partial charge < -0.3 is 24.4 Å². The smallest absolute Gasteiger partial charge is 0.338 e. The van der Waals surface area contributed by atoms with Gasteiger partial charge in [-0.1, -0.05) is 54.2 Å². The highest BCUT2D eigenvalue weighted by atomic mass is 32.2. The summed E-state index contributed by atoms with van der Waals surface area (Å²) in [4.78, 5) is 31.9. The van der Waals surface area contributed by atoms with Crippen molar-refractivity contribution in [3.8, 4) is 5.75 Å². The lowest BCUT2D eigenvalue weighted by molar-refractivity contribution is -0.139. The second-order valence-corrected chi connectivity index (χ2v) is 10.0. The second kappa shape index (κ2) is 12.4. The van der Waals surface area contributed by atoms with Crippen LogP contribution in [0.5, 0.6) is 5.75 Å². The normalized spacial score (nSPS) is 16.9. The van der Waals surface area contributed by atoms with Crippen LogP contribution in [0.2, 0.25) is 0 Å². The van der Waals surface area contributed by atoms with E-state index in [-0.39, 0.29) is 19.1 Å². The molecular weight excluding hydrogens is 518 g/mol. The van der Waals surface area contributed by atoms with Crippen molar-refractivity contribution in [2.75, 3.05) is 44.8 Å². The average Bonchev–Trinajstić information content (AvgIpc) is 3.38. The number of hydrogen-bond donors (Lipinski definition) is 1. The number of ether oxygens (including phenoxy) is 3. The van der Waals surface area contributed by atoms with Crippen LogP contribution in [0.1, 0.15) is 31.0 Å². The Morgan fingerprint density at radius 2 is 1.85 bits per heavy atom. The molecule has 0 radical (unpaired) electrons. The van der Waals surface area contributed by atoms with Gasteiger partial charge in [0.05, 0.1) is 25.4 Å². The van der Waals surface area contributed by atoms with Crippen LogP contribution >= 0.6 is 11.8 Å². The Morgan fingerprint density at radius 3 is 2.56 bits per heavy atom. The van der Waals surface area contributed by atoms with Crippen LogP contribution in [-0.4, -0.2) is 71.1 Å². The van der Waals surface area contributed by atoms with Gasteiger partial charge in [0.15, 0.2) is 6.61 Å². The number of thioether (sulfide) groups is 1. The van der Waals surface area contributed by atoms with E-state index < -0.39 is 12.0 Å². The molecule has 1 atom stereocenters. The van der Waals surface area contributed by atoms with E-state index in [2.05, 4.69) is 22.4 Å². The Balaban J connectivity index is 1.36. The molecule has 1 N–H and O–H groups in total. The highest BCUT2D eigenvalue weighted by Gasteiger charge is 2.35. The molecule has 1 fully saturated rings. The fraction of sp³-hybridized carbons (Fsp3) is 0.357. The lowest BCUT2D eigenvalue weighted by atomic mass is 9.96. The lowest BCUT2D eigenvalue weighted by Gasteiger charge is -2.28. The number of amides is 1. The molecule has 1 saturated heterocycles. The molecule has 2 aromatic carbocycles. The van der Waals surface area contributed by atoms with Gasteiger partial charge >= 0.3 is 5.97 Å². The van der Waals surface area contributed by atoms with E-state index >= 15 is 0 Å². The van der Waals surface area contributed by atoms with Crippen molar-refractivity contribution in [3.63, 3.8) is 0 Å². The molecule has 0 aliphatic carbocycles. The van der Waals surface area contributed by atoms with Crippen molar-refractivity contribution in [2.24, 2.45) is 0 Å². The van der Waals surface area contributed by atoms with Gasteiger partial charge in [0, 0.05) is 24.5 Å². The third-order valence-electron chi connectivity index (χ3n) is 6.46. The van der Waals surface area contributed by atoms with E-state index in [0.29, 0.717) is 54.4 Å². The zero-order valence-corrected chi connectivity index (χ0v) is 22.8. The Hall–Kier alpha value is -3.83. The maximum Gasteiger partial charge on any atom is 0.338 e. The van der Waals surface area contributed by atoms with Crippen molar-refractivity contribution in [3.05, 3.63) is 77.0 Å². The van der Waals surface area contributed by atoms with Crippen molar-refractivity contribution >= 4 is 29.6 Å². The number of benzene rings is 2. The van der Waals surface area contributed by atoms with E-state index in [4.69, 9.17) is 19.3 Å². The molecule has 0 saturated carbocycles. The number of esters is 1. The Morgan fingerprint density at radius 1 is 1.10 bits per heavy atom. The molecule has 2 aliphatic rings. The Bertz CT molecular complexity index is 1340. The van der Waals surface area contributed by atoms with Crippen LogP contribution < -0.4 is 10.1 Å². The SMILES string of the molecule is CCOC(=O)C1=C(C)Nc2nc(SCc3ccccc3)nn2C1c1ccc(OCC(=O)N2CCOCC2)cc1. The summed E-state index contributed by atoms with van der Waals surface area (Å²) in [5, 5.41) is 8.58. The first-order chi connectivity index (χ1) is 19.0. The zero-order valence-electron chi connectivity index (χ0n) is 22.0. The molecule has 39 heavy (non-hydrogen) atoms. The van der Waals surface area contributed by atoms with Gasteiger partial charge in [-0.05, 0) is 37.1 Å². The molecule has 11 heteroatoms. The first kappa shape index (κ1) is 26.8. The molecule has 5 rings (SSSR count). The van der Waals surface area contributed by atoms with Crippen LogP contribution in [0.4, 0.5) is 5.95 Å². The minimum Gasteiger partial charge on any atom is -0.484 e. The standard InChI is InChI=1S/C28H31N5O5S/c1-3-37-26(35)24-19(2)29-27-30-28(39-18-20-7-5-4-6-8-20)31-33(27)25(24)21-9-11-22(12-10-21)38-17-23(34)32-13-15-36-16-14-32/h4-12,25H,3,13-18H2,1-2H3,(H,29,30,31). The fourth-order valence-electron chi connectivity index (χ4n) is 4.49. The van der Waals surface area contributed by atoms with Gasteiger partial charge in [0.2, 0.25) is 11.1 Å². The number of aromatic nitrogens is 3. The highest BCUT2D eigenvalue weighted by Crippen LogP contribution is 2.37.